The fourth-order valence-electron chi connectivity index (χ4n) is 4.23. The van der Waals surface area contributed by atoms with Crippen LogP contribution in [0.3, 0.4) is 0 Å². The van der Waals surface area contributed by atoms with Crippen molar-refractivity contribution >= 4 is 5.91 Å². The van der Waals surface area contributed by atoms with Crippen molar-refractivity contribution in [3.05, 3.63) is 27.9 Å². The van der Waals surface area contributed by atoms with Gasteiger partial charge in [0.05, 0.1) is 18.6 Å². The van der Waals surface area contributed by atoms with Crippen LogP contribution in [0.25, 0.3) is 0 Å². The average Bonchev–Trinajstić information content (AvgIpc) is 2.99. The van der Waals surface area contributed by atoms with Gasteiger partial charge in [-0.1, -0.05) is 0 Å². The summed E-state index contributed by atoms with van der Waals surface area (Å²) in [7, 11) is 0. The molecule has 4 atom stereocenters. The molecule has 2 aliphatic rings. The normalized spacial score (nSPS) is 29.3. The number of H-pyrrole nitrogens is 1. The largest absolute Gasteiger partial charge is 0.396 e. The number of likely N-dealkylation sites (tertiary alicyclic amines) is 1. The molecule has 3 heterocycles. The van der Waals surface area contributed by atoms with E-state index in [1.807, 2.05) is 0 Å². The summed E-state index contributed by atoms with van der Waals surface area (Å²) in [6, 6.07) is 0. The first-order valence-electron chi connectivity index (χ1n) is 9.67. The number of aliphatic hydroxyl groups excluding tert-OH is 1. The summed E-state index contributed by atoms with van der Waals surface area (Å²) in [5.41, 5.74) is 0.118. The molecular formula is C19H30N4O4. The number of ether oxygens (including phenoxy) is 1. The second-order valence-corrected chi connectivity index (χ2v) is 7.98. The van der Waals surface area contributed by atoms with Gasteiger partial charge in [-0.2, -0.15) is 0 Å². The lowest BCUT2D eigenvalue weighted by atomic mass is 9.96. The van der Waals surface area contributed by atoms with Gasteiger partial charge in [-0.25, -0.2) is 4.98 Å². The zero-order valence-electron chi connectivity index (χ0n) is 16.4. The Kier molecular flexibility index (Phi) is 6.29. The van der Waals surface area contributed by atoms with Crippen molar-refractivity contribution in [2.45, 2.75) is 39.4 Å². The van der Waals surface area contributed by atoms with Gasteiger partial charge in [-0.05, 0) is 26.7 Å². The maximum Gasteiger partial charge on any atom is 0.254 e. The number of rotatable bonds is 5. The number of carbonyl (C=O) groups excluding carboxylic acids is 1. The second-order valence-electron chi connectivity index (χ2n) is 7.98. The van der Waals surface area contributed by atoms with Gasteiger partial charge in [0.1, 0.15) is 5.82 Å². The van der Waals surface area contributed by atoms with Gasteiger partial charge in [0, 0.05) is 57.0 Å². The van der Waals surface area contributed by atoms with Gasteiger partial charge in [0.2, 0.25) is 5.91 Å². The maximum atomic E-state index is 12.7. The number of morpholine rings is 1. The molecule has 1 aromatic heterocycles. The topological polar surface area (TPSA) is 98.8 Å². The van der Waals surface area contributed by atoms with Crippen molar-refractivity contribution in [1.29, 1.82) is 0 Å². The fourth-order valence-corrected chi connectivity index (χ4v) is 4.23. The van der Waals surface area contributed by atoms with E-state index in [4.69, 9.17) is 4.74 Å². The quantitative estimate of drug-likeness (QED) is 0.736. The summed E-state index contributed by atoms with van der Waals surface area (Å²) in [6.07, 6.45) is 1.90. The summed E-state index contributed by atoms with van der Waals surface area (Å²) in [5, 5.41) is 9.79. The molecular weight excluding hydrogens is 348 g/mol. The third-order valence-corrected chi connectivity index (χ3v) is 5.49. The minimum atomic E-state index is -0.262. The van der Waals surface area contributed by atoms with E-state index in [-0.39, 0.29) is 48.5 Å². The zero-order valence-corrected chi connectivity index (χ0v) is 16.4. The minimum absolute atomic E-state index is 0.0408. The summed E-state index contributed by atoms with van der Waals surface area (Å²) in [6.45, 7) is 9.66. The van der Waals surface area contributed by atoms with Crippen LogP contribution in [-0.2, 0) is 16.0 Å². The number of hydrogen-bond acceptors (Lipinski definition) is 6. The highest BCUT2D eigenvalue weighted by molar-refractivity contribution is 5.78. The molecule has 0 aliphatic carbocycles. The summed E-state index contributed by atoms with van der Waals surface area (Å²) in [4.78, 5) is 35.5. The molecule has 8 heteroatoms. The van der Waals surface area contributed by atoms with Crippen LogP contribution in [0.15, 0.2) is 11.0 Å². The van der Waals surface area contributed by atoms with Crippen molar-refractivity contribution < 1.29 is 14.6 Å². The van der Waals surface area contributed by atoms with E-state index in [2.05, 4.69) is 28.7 Å². The van der Waals surface area contributed by atoms with Gasteiger partial charge in [0.25, 0.3) is 5.56 Å². The van der Waals surface area contributed by atoms with Crippen molar-refractivity contribution in [3.8, 4) is 0 Å². The predicted octanol–water partition coefficient (Wildman–Crippen LogP) is -0.203. The predicted molar refractivity (Wildman–Crippen MR) is 100 cm³/mol. The first kappa shape index (κ1) is 20.0. The van der Waals surface area contributed by atoms with Crippen molar-refractivity contribution in [1.82, 2.24) is 19.8 Å². The fraction of sp³-hybridized carbons (Fsp3) is 0.737. The Morgan fingerprint density at radius 1 is 1.26 bits per heavy atom. The molecule has 0 radical (unpaired) electrons. The van der Waals surface area contributed by atoms with Gasteiger partial charge in [0.15, 0.2) is 0 Å². The van der Waals surface area contributed by atoms with Gasteiger partial charge >= 0.3 is 0 Å². The number of nitrogens with zero attached hydrogens (tertiary/aromatic N) is 3. The van der Waals surface area contributed by atoms with Crippen LogP contribution in [0.4, 0.5) is 0 Å². The van der Waals surface area contributed by atoms with Crippen LogP contribution in [0.2, 0.25) is 0 Å². The number of aromatic nitrogens is 2. The standard InChI is InChI=1S/C19H30N4O4/c1-12-6-22(7-13(2)27-12)8-16-9-23(10-17(16)11-24)18(25)4-15-5-20-14(3)21-19(15)26/h5,12-13,16-17,24H,4,6-11H2,1-3H3,(H,20,21,26)/t12-,13+,16-,17-/m1/s1. The molecule has 0 spiro atoms. The van der Waals surface area contributed by atoms with Crippen molar-refractivity contribution in [2.24, 2.45) is 11.8 Å². The number of aromatic amines is 1. The molecule has 1 amide bonds. The number of amides is 1. The molecule has 0 bridgehead atoms. The van der Waals surface area contributed by atoms with Crippen LogP contribution < -0.4 is 5.56 Å². The Labute approximate surface area is 159 Å². The molecule has 8 nitrogen and oxygen atoms in total. The molecule has 0 unspecified atom stereocenters. The summed E-state index contributed by atoms with van der Waals surface area (Å²) < 4.78 is 5.79. The molecule has 27 heavy (non-hydrogen) atoms. The highest BCUT2D eigenvalue weighted by Gasteiger charge is 2.37. The third-order valence-electron chi connectivity index (χ3n) is 5.49. The Balaban J connectivity index is 1.61. The van der Waals surface area contributed by atoms with Crippen LogP contribution in [0, 0.1) is 18.8 Å². The smallest absolute Gasteiger partial charge is 0.254 e. The lowest BCUT2D eigenvalue weighted by Gasteiger charge is -2.37. The number of nitrogens with one attached hydrogen (secondary N) is 1. The van der Waals surface area contributed by atoms with E-state index in [9.17, 15) is 14.7 Å². The molecule has 0 saturated carbocycles. The van der Waals surface area contributed by atoms with Gasteiger partial charge in [-0.15, -0.1) is 0 Å². The molecule has 2 fully saturated rings. The van der Waals surface area contributed by atoms with E-state index in [0.717, 1.165) is 19.6 Å². The zero-order chi connectivity index (χ0) is 19.6. The lowest BCUT2D eigenvalue weighted by Crippen LogP contribution is -2.48. The van der Waals surface area contributed by atoms with Gasteiger partial charge in [-0.3, -0.25) is 14.5 Å². The first-order valence-corrected chi connectivity index (χ1v) is 9.67. The van der Waals surface area contributed by atoms with Crippen LogP contribution >= 0.6 is 0 Å². The second kappa shape index (κ2) is 8.50. The molecule has 0 aromatic carbocycles. The number of carbonyl (C=O) groups is 1. The molecule has 2 N–H and O–H groups in total. The average molecular weight is 378 g/mol. The number of hydrogen-bond donors (Lipinski definition) is 2. The molecule has 3 rings (SSSR count). The van der Waals surface area contributed by atoms with E-state index >= 15 is 0 Å². The highest BCUT2D eigenvalue weighted by Crippen LogP contribution is 2.26. The molecule has 2 saturated heterocycles. The molecule has 150 valence electrons. The monoisotopic (exact) mass is 378 g/mol. The van der Waals surface area contributed by atoms with Crippen molar-refractivity contribution in [2.75, 3.05) is 39.3 Å². The first-order chi connectivity index (χ1) is 12.9. The molecule has 2 aliphatic heterocycles. The Morgan fingerprint density at radius 3 is 2.56 bits per heavy atom. The summed E-state index contributed by atoms with van der Waals surface area (Å²) in [5.74, 6) is 0.741. The Morgan fingerprint density at radius 2 is 1.93 bits per heavy atom. The van der Waals surface area contributed by atoms with E-state index in [1.54, 1.807) is 11.8 Å². The van der Waals surface area contributed by atoms with Crippen LogP contribution in [-0.4, -0.2) is 82.3 Å². The van der Waals surface area contributed by atoms with Crippen molar-refractivity contribution in [3.63, 3.8) is 0 Å². The van der Waals surface area contributed by atoms with Crippen LogP contribution in [0.1, 0.15) is 25.2 Å². The number of aryl methyl sites for hydroxylation is 1. The minimum Gasteiger partial charge on any atom is -0.396 e. The maximum absolute atomic E-state index is 12.7. The van der Waals surface area contributed by atoms with Gasteiger partial charge < -0.3 is 19.7 Å². The Hall–Kier alpha value is -1.77. The third kappa shape index (κ3) is 4.94. The van der Waals surface area contributed by atoms with E-state index in [0.29, 0.717) is 24.5 Å². The van der Waals surface area contributed by atoms with Crippen LogP contribution in [0.5, 0.6) is 0 Å². The molecule has 1 aromatic rings. The summed E-state index contributed by atoms with van der Waals surface area (Å²) >= 11 is 0. The van der Waals surface area contributed by atoms with E-state index in [1.165, 1.54) is 6.20 Å². The SMILES string of the molecule is Cc1ncc(CC(=O)N2C[C@@H](CN3C[C@@H](C)O[C@@H](C)C3)[C@@H](CO)C2)c(=O)[nH]1. The Bertz CT molecular complexity index is 712. The highest BCUT2D eigenvalue weighted by atomic mass is 16.5. The number of aliphatic hydroxyl groups is 1. The van der Waals surface area contributed by atoms with E-state index < -0.39 is 0 Å². The lowest BCUT2D eigenvalue weighted by molar-refractivity contribution is -0.129.